The first-order valence-corrected chi connectivity index (χ1v) is 4.99. The highest BCUT2D eigenvalue weighted by atomic mass is 16.5. The Labute approximate surface area is 85.5 Å². The molecule has 14 heavy (non-hydrogen) atoms. The molecule has 0 amide bonds. The predicted molar refractivity (Wildman–Crippen MR) is 57.7 cm³/mol. The Morgan fingerprint density at radius 1 is 1.43 bits per heavy atom. The van der Waals surface area contributed by atoms with Gasteiger partial charge in [0, 0.05) is 6.42 Å². The van der Waals surface area contributed by atoms with Crippen molar-refractivity contribution in [2.24, 2.45) is 0 Å². The first kappa shape index (κ1) is 11.1. The van der Waals surface area contributed by atoms with Gasteiger partial charge in [0.05, 0.1) is 13.2 Å². The molecule has 0 aromatic heterocycles. The highest BCUT2D eigenvalue weighted by molar-refractivity contribution is 5.37. The van der Waals surface area contributed by atoms with Crippen molar-refractivity contribution in [3.63, 3.8) is 0 Å². The van der Waals surface area contributed by atoms with E-state index in [4.69, 9.17) is 4.74 Å². The minimum atomic E-state index is -0.273. The number of aryl methyl sites for hydroxylation is 1. The average Bonchev–Trinajstić information content (AvgIpc) is 2.18. The summed E-state index contributed by atoms with van der Waals surface area (Å²) < 4.78 is 5.23. The van der Waals surface area contributed by atoms with E-state index in [2.05, 4.69) is 6.07 Å². The third-order valence-electron chi connectivity index (χ3n) is 2.36. The summed E-state index contributed by atoms with van der Waals surface area (Å²) in [6, 6.07) is 6.03. The minimum Gasteiger partial charge on any atom is -0.496 e. The number of methoxy groups -OCH3 is 1. The zero-order valence-electron chi connectivity index (χ0n) is 9.08. The molecule has 0 saturated heterocycles. The molecule has 2 heteroatoms. The van der Waals surface area contributed by atoms with E-state index >= 15 is 0 Å². The molecule has 0 aliphatic carbocycles. The van der Waals surface area contributed by atoms with Gasteiger partial charge < -0.3 is 9.84 Å². The molecule has 0 spiro atoms. The van der Waals surface area contributed by atoms with Gasteiger partial charge in [0.25, 0.3) is 0 Å². The number of hydrogen-bond donors (Lipinski definition) is 1. The number of hydrogen-bond acceptors (Lipinski definition) is 2. The topological polar surface area (TPSA) is 29.5 Å². The second-order valence-electron chi connectivity index (χ2n) is 3.58. The second-order valence-corrected chi connectivity index (χ2v) is 3.58. The fourth-order valence-corrected chi connectivity index (χ4v) is 1.47. The van der Waals surface area contributed by atoms with Gasteiger partial charge in [0.2, 0.25) is 0 Å². The van der Waals surface area contributed by atoms with E-state index < -0.39 is 0 Å². The summed E-state index contributed by atoms with van der Waals surface area (Å²) in [5.41, 5.74) is 2.28. The first-order chi connectivity index (χ1) is 6.67. The summed E-state index contributed by atoms with van der Waals surface area (Å²) in [6.07, 6.45) is 1.17. The minimum absolute atomic E-state index is 0.273. The van der Waals surface area contributed by atoms with Crippen LogP contribution in [0.3, 0.4) is 0 Å². The van der Waals surface area contributed by atoms with Crippen LogP contribution in [0, 0.1) is 6.92 Å². The zero-order chi connectivity index (χ0) is 10.6. The zero-order valence-corrected chi connectivity index (χ0v) is 9.08. The lowest BCUT2D eigenvalue weighted by molar-refractivity contribution is 0.169. The molecule has 1 unspecified atom stereocenters. The SMILES string of the molecule is CCC(O)Cc1cc(C)ccc1OC. The third-order valence-corrected chi connectivity index (χ3v) is 2.36. The third kappa shape index (κ3) is 2.74. The van der Waals surface area contributed by atoms with Gasteiger partial charge in [0.15, 0.2) is 0 Å². The molecule has 1 rings (SSSR count). The molecular formula is C12H18O2. The maximum atomic E-state index is 9.57. The summed E-state index contributed by atoms with van der Waals surface area (Å²) >= 11 is 0. The maximum Gasteiger partial charge on any atom is 0.122 e. The van der Waals surface area contributed by atoms with Gasteiger partial charge in [-0.3, -0.25) is 0 Å². The van der Waals surface area contributed by atoms with Crippen molar-refractivity contribution < 1.29 is 9.84 Å². The second kappa shape index (κ2) is 5.01. The van der Waals surface area contributed by atoms with Gasteiger partial charge in [-0.15, -0.1) is 0 Å². The van der Waals surface area contributed by atoms with E-state index in [0.717, 1.165) is 17.7 Å². The lowest BCUT2D eigenvalue weighted by Crippen LogP contribution is -2.09. The maximum absolute atomic E-state index is 9.57. The molecule has 0 saturated carbocycles. The van der Waals surface area contributed by atoms with Crippen LogP contribution < -0.4 is 4.74 Å². The predicted octanol–water partition coefficient (Wildman–Crippen LogP) is 2.32. The van der Waals surface area contributed by atoms with Crippen molar-refractivity contribution in [1.82, 2.24) is 0 Å². The molecule has 0 heterocycles. The molecule has 0 aliphatic heterocycles. The summed E-state index contributed by atoms with van der Waals surface area (Å²) in [7, 11) is 1.66. The Hall–Kier alpha value is -1.02. The van der Waals surface area contributed by atoms with Crippen LogP contribution in [0.5, 0.6) is 5.75 Å². The first-order valence-electron chi connectivity index (χ1n) is 4.99. The van der Waals surface area contributed by atoms with Crippen LogP contribution in [0.15, 0.2) is 18.2 Å². The Kier molecular flexibility index (Phi) is 3.96. The number of aliphatic hydroxyl groups excluding tert-OH is 1. The van der Waals surface area contributed by atoms with Crippen LogP contribution in [0.25, 0.3) is 0 Å². The lowest BCUT2D eigenvalue weighted by Gasteiger charge is -2.12. The number of aliphatic hydroxyl groups is 1. The number of ether oxygens (including phenoxy) is 1. The van der Waals surface area contributed by atoms with Crippen molar-refractivity contribution in [2.45, 2.75) is 32.8 Å². The fourth-order valence-electron chi connectivity index (χ4n) is 1.47. The molecule has 0 fully saturated rings. The molecule has 1 aromatic rings. The summed E-state index contributed by atoms with van der Waals surface area (Å²) in [6.45, 7) is 4.02. The van der Waals surface area contributed by atoms with Crippen molar-refractivity contribution in [3.05, 3.63) is 29.3 Å². The molecule has 1 N–H and O–H groups in total. The van der Waals surface area contributed by atoms with Crippen molar-refractivity contribution >= 4 is 0 Å². The van der Waals surface area contributed by atoms with Crippen LogP contribution >= 0.6 is 0 Å². The largest absolute Gasteiger partial charge is 0.496 e. The van der Waals surface area contributed by atoms with Crippen LogP contribution in [-0.4, -0.2) is 18.3 Å². The smallest absolute Gasteiger partial charge is 0.122 e. The number of rotatable bonds is 4. The Balaban J connectivity index is 2.87. The molecule has 1 aromatic carbocycles. The summed E-state index contributed by atoms with van der Waals surface area (Å²) in [4.78, 5) is 0. The molecule has 0 aliphatic rings. The van der Waals surface area contributed by atoms with Crippen molar-refractivity contribution in [2.75, 3.05) is 7.11 Å². The van der Waals surface area contributed by atoms with Crippen LogP contribution in [0.2, 0.25) is 0 Å². The van der Waals surface area contributed by atoms with Crippen molar-refractivity contribution in [3.8, 4) is 5.75 Å². The summed E-state index contributed by atoms with van der Waals surface area (Å²) in [5, 5.41) is 9.57. The highest BCUT2D eigenvalue weighted by Crippen LogP contribution is 2.21. The van der Waals surface area contributed by atoms with Crippen LogP contribution in [0.1, 0.15) is 24.5 Å². The average molecular weight is 194 g/mol. The lowest BCUT2D eigenvalue weighted by atomic mass is 10.0. The highest BCUT2D eigenvalue weighted by Gasteiger charge is 2.08. The Bertz CT molecular complexity index is 294. The van der Waals surface area contributed by atoms with E-state index in [9.17, 15) is 5.11 Å². The number of benzene rings is 1. The Morgan fingerprint density at radius 2 is 2.14 bits per heavy atom. The molecule has 0 radical (unpaired) electrons. The van der Waals surface area contributed by atoms with Gasteiger partial charge in [0.1, 0.15) is 5.75 Å². The Morgan fingerprint density at radius 3 is 2.71 bits per heavy atom. The van der Waals surface area contributed by atoms with Gasteiger partial charge >= 0.3 is 0 Å². The molecule has 0 bridgehead atoms. The molecule has 1 atom stereocenters. The van der Waals surface area contributed by atoms with Gasteiger partial charge in [-0.2, -0.15) is 0 Å². The normalized spacial score (nSPS) is 12.6. The molecular weight excluding hydrogens is 176 g/mol. The fraction of sp³-hybridized carbons (Fsp3) is 0.500. The quantitative estimate of drug-likeness (QED) is 0.797. The van der Waals surface area contributed by atoms with Gasteiger partial charge in [-0.1, -0.05) is 24.6 Å². The van der Waals surface area contributed by atoms with Crippen LogP contribution in [0.4, 0.5) is 0 Å². The van der Waals surface area contributed by atoms with Crippen LogP contribution in [-0.2, 0) is 6.42 Å². The van der Waals surface area contributed by atoms with E-state index in [-0.39, 0.29) is 6.10 Å². The van der Waals surface area contributed by atoms with E-state index in [1.54, 1.807) is 7.11 Å². The molecule has 78 valence electrons. The molecule has 2 nitrogen and oxygen atoms in total. The standard InChI is InChI=1S/C12H18O2/c1-4-11(13)8-10-7-9(2)5-6-12(10)14-3/h5-7,11,13H,4,8H2,1-3H3. The summed E-state index contributed by atoms with van der Waals surface area (Å²) in [5.74, 6) is 0.864. The monoisotopic (exact) mass is 194 g/mol. The van der Waals surface area contributed by atoms with E-state index in [1.165, 1.54) is 5.56 Å². The van der Waals surface area contributed by atoms with E-state index in [1.807, 2.05) is 26.0 Å². The van der Waals surface area contributed by atoms with Gasteiger partial charge in [-0.25, -0.2) is 0 Å². The van der Waals surface area contributed by atoms with E-state index in [0.29, 0.717) is 6.42 Å². The van der Waals surface area contributed by atoms with Gasteiger partial charge in [-0.05, 0) is 25.0 Å². The van der Waals surface area contributed by atoms with Crippen molar-refractivity contribution in [1.29, 1.82) is 0 Å².